The Kier molecular flexibility index (Phi) is 10.4. The lowest BCUT2D eigenvalue weighted by molar-refractivity contribution is 0.485. The SMILES string of the molecule is CCCCc1ccc(S(=O)(=O)N=P(C2CCCCC2)(C2CCCCC2)P(c2ccccc2)c2ccccc2)cc1. The van der Waals surface area contributed by atoms with Gasteiger partial charge in [0.15, 0.2) is 0 Å². The highest BCUT2D eigenvalue weighted by atomic mass is 32.2. The molecule has 2 aliphatic carbocycles. The highest BCUT2D eigenvalue weighted by molar-refractivity contribution is 8.41. The minimum absolute atomic E-state index is 0.370. The van der Waals surface area contributed by atoms with Crippen molar-refractivity contribution in [2.75, 3.05) is 0 Å². The first-order valence-corrected chi connectivity index (χ1v) is 20.8. The summed E-state index contributed by atoms with van der Waals surface area (Å²) in [5.74, 6) is 0. The zero-order valence-corrected chi connectivity index (χ0v) is 26.6. The van der Waals surface area contributed by atoms with E-state index in [0.717, 1.165) is 44.9 Å². The standard InChI is InChI=1S/C34H45NO2P2S/c1-2-3-16-29-25-27-34(28-26-29)40(36,37)35-39(32-21-12-6-13-22-32,33-23-14-7-15-24-33)38(30-17-8-4-9-18-30)31-19-10-5-11-20-31/h4-5,8-11,17-20,25-28,32-33H,2-3,6-7,12-16,21-24H2,1H3. The van der Waals surface area contributed by atoms with Crippen molar-refractivity contribution in [1.29, 1.82) is 0 Å². The second-order valence-electron chi connectivity index (χ2n) is 11.6. The molecule has 40 heavy (non-hydrogen) atoms. The van der Waals surface area contributed by atoms with E-state index in [1.54, 1.807) is 0 Å². The Labute approximate surface area is 244 Å². The van der Waals surface area contributed by atoms with Gasteiger partial charge in [0.2, 0.25) is 0 Å². The molecule has 0 spiro atoms. The van der Waals surface area contributed by atoms with Crippen LogP contribution in [0, 0.1) is 0 Å². The minimum atomic E-state index is -3.82. The summed E-state index contributed by atoms with van der Waals surface area (Å²) < 4.78 is 34.4. The lowest BCUT2D eigenvalue weighted by Crippen LogP contribution is -2.28. The van der Waals surface area contributed by atoms with E-state index in [1.165, 1.54) is 54.7 Å². The van der Waals surface area contributed by atoms with Gasteiger partial charge in [0, 0.05) is 6.74 Å². The van der Waals surface area contributed by atoms with Gasteiger partial charge in [0.25, 0.3) is 10.0 Å². The molecule has 0 bridgehead atoms. The molecule has 2 aliphatic rings. The molecule has 3 aromatic carbocycles. The predicted molar refractivity (Wildman–Crippen MR) is 174 cm³/mol. The third-order valence-corrected chi connectivity index (χ3v) is 22.9. The lowest BCUT2D eigenvalue weighted by atomic mass is 10.00. The van der Waals surface area contributed by atoms with Crippen LogP contribution in [-0.4, -0.2) is 19.7 Å². The summed E-state index contributed by atoms with van der Waals surface area (Å²) in [5, 5.41) is 2.59. The summed E-state index contributed by atoms with van der Waals surface area (Å²) in [7, 11) is -4.77. The van der Waals surface area contributed by atoms with Crippen molar-refractivity contribution in [3.63, 3.8) is 0 Å². The van der Waals surface area contributed by atoms with Crippen molar-refractivity contribution in [1.82, 2.24) is 0 Å². The van der Waals surface area contributed by atoms with Crippen molar-refractivity contribution in [2.24, 2.45) is 4.15 Å². The average molecular weight is 594 g/mol. The van der Waals surface area contributed by atoms with Gasteiger partial charge in [-0.05, 0) is 85.8 Å². The predicted octanol–water partition coefficient (Wildman–Crippen LogP) is 9.63. The van der Waals surface area contributed by atoms with Crippen LogP contribution in [-0.2, 0) is 16.4 Å². The highest BCUT2D eigenvalue weighted by Gasteiger charge is 2.47. The molecule has 3 nitrogen and oxygen atoms in total. The molecule has 0 amide bonds. The summed E-state index contributed by atoms with van der Waals surface area (Å²) in [5.41, 5.74) is 1.95. The number of rotatable bonds is 10. The first-order valence-electron chi connectivity index (χ1n) is 15.4. The van der Waals surface area contributed by atoms with Crippen LogP contribution in [0.1, 0.15) is 89.5 Å². The van der Waals surface area contributed by atoms with Crippen LogP contribution in [0.4, 0.5) is 0 Å². The monoisotopic (exact) mass is 593 g/mol. The molecular weight excluding hydrogens is 548 g/mol. The van der Waals surface area contributed by atoms with Crippen LogP contribution in [0.2, 0.25) is 0 Å². The molecule has 2 saturated carbocycles. The molecule has 0 aromatic heterocycles. The molecule has 0 radical (unpaired) electrons. The molecule has 0 aliphatic heterocycles. The number of sulfonamides is 1. The van der Waals surface area contributed by atoms with E-state index in [9.17, 15) is 8.42 Å². The number of unbranched alkanes of at least 4 members (excludes halogenated alkanes) is 1. The second-order valence-corrected chi connectivity index (χ2v) is 21.3. The first-order chi connectivity index (χ1) is 19.5. The van der Waals surface area contributed by atoms with E-state index in [4.69, 9.17) is 4.15 Å². The Balaban J connectivity index is 1.76. The number of aryl methyl sites for hydroxylation is 1. The molecule has 0 saturated heterocycles. The molecular formula is C34H45NO2P2S. The van der Waals surface area contributed by atoms with Crippen LogP contribution >= 0.6 is 14.4 Å². The van der Waals surface area contributed by atoms with E-state index in [0.29, 0.717) is 16.2 Å². The number of benzene rings is 3. The van der Waals surface area contributed by atoms with Crippen molar-refractivity contribution in [3.8, 4) is 0 Å². The number of hydrogen-bond acceptors (Lipinski definition) is 2. The molecule has 3 aromatic rings. The Bertz CT molecular complexity index is 1300. The van der Waals surface area contributed by atoms with E-state index in [1.807, 2.05) is 24.3 Å². The quantitative estimate of drug-likeness (QED) is 0.220. The largest absolute Gasteiger partial charge is 0.281 e. The summed E-state index contributed by atoms with van der Waals surface area (Å²) in [6.07, 6.45) is 14.9. The van der Waals surface area contributed by atoms with Gasteiger partial charge in [-0.15, -0.1) is 0 Å². The normalized spacial score (nSPS) is 17.6. The smallest absolute Gasteiger partial charge is 0.199 e. The first kappa shape index (κ1) is 29.8. The van der Waals surface area contributed by atoms with Gasteiger partial charge in [-0.2, -0.15) is 12.6 Å². The maximum atomic E-state index is 14.5. The van der Waals surface area contributed by atoms with E-state index < -0.39 is 24.4 Å². The van der Waals surface area contributed by atoms with Gasteiger partial charge >= 0.3 is 0 Å². The topological polar surface area (TPSA) is 46.5 Å². The van der Waals surface area contributed by atoms with Crippen LogP contribution < -0.4 is 10.6 Å². The number of hydrogen-bond donors (Lipinski definition) is 0. The molecule has 0 N–H and O–H groups in total. The van der Waals surface area contributed by atoms with E-state index in [2.05, 4.69) is 67.6 Å². The fraction of sp³-hybridized carbons (Fsp3) is 0.471. The Morgan fingerprint density at radius 2 is 1.18 bits per heavy atom. The third kappa shape index (κ3) is 6.67. The van der Waals surface area contributed by atoms with Crippen molar-refractivity contribution >= 4 is 35.0 Å². The second kappa shape index (κ2) is 14.0. The van der Waals surface area contributed by atoms with Crippen molar-refractivity contribution < 1.29 is 8.42 Å². The van der Waals surface area contributed by atoms with Gasteiger partial charge in [0.05, 0.1) is 4.90 Å². The maximum absolute atomic E-state index is 14.5. The van der Waals surface area contributed by atoms with Gasteiger partial charge in [-0.1, -0.05) is 125 Å². The Morgan fingerprint density at radius 1 is 0.700 bits per heavy atom. The summed E-state index contributed by atoms with van der Waals surface area (Å²) in [4.78, 5) is 0.375. The van der Waals surface area contributed by atoms with Crippen LogP contribution in [0.5, 0.6) is 0 Å². The average Bonchev–Trinajstić information content (AvgIpc) is 3.02. The lowest BCUT2D eigenvalue weighted by Gasteiger charge is -2.47. The van der Waals surface area contributed by atoms with E-state index in [-0.39, 0.29) is 0 Å². The zero-order chi connectivity index (χ0) is 27.8. The molecule has 2 fully saturated rings. The third-order valence-electron chi connectivity index (χ3n) is 8.82. The number of nitrogens with zero attached hydrogens (tertiary/aromatic N) is 1. The molecule has 6 heteroatoms. The van der Waals surface area contributed by atoms with Crippen LogP contribution in [0.3, 0.4) is 0 Å². The van der Waals surface area contributed by atoms with Crippen molar-refractivity contribution in [3.05, 3.63) is 90.5 Å². The van der Waals surface area contributed by atoms with Gasteiger partial charge in [0.1, 0.15) is 0 Å². The van der Waals surface area contributed by atoms with Gasteiger partial charge in [-0.25, -0.2) is 0 Å². The molecule has 214 valence electrons. The fourth-order valence-electron chi connectivity index (χ4n) is 6.80. The zero-order valence-electron chi connectivity index (χ0n) is 24.0. The summed E-state index contributed by atoms with van der Waals surface area (Å²) in [6.45, 7) is -0.226. The Morgan fingerprint density at radius 3 is 1.62 bits per heavy atom. The fourth-order valence-corrected chi connectivity index (χ4v) is 23.7. The highest BCUT2D eigenvalue weighted by Crippen LogP contribution is 2.84. The van der Waals surface area contributed by atoms with Gasteiger partial charge in [-0.3, -0.25) is 0 Å². The summed E-state index contributed by atoms with van der Waals surface area (Å²) in [6, 6.07) is 29.4. The van der Waals surface area contributed by atoms with E-state index >= 15 is 0 Å². The molecule has 0 heterocycles. The molecule has 0 unspecified atom stereocenters. The van der Waals surface area contributed by atoms with Crippen molar-refractivity contribution in [2.45, 2.75) is 107 Å². The summed E-state index contributed by atoms with van der Waals surface area (Å²) >= 11 is 0. The maximum Gasteiger partial charge on any atom is 0.281 e. The molecule has 0 atom stereocenters. The Hall–Kier alpha value is -1.73. The van der Waals surface area contributed by atoms with Crippen LogP contribution in [0.15, 0.2) is 94.0 Å². The van der Waals surface area contributed by atoms with Crippen LogP contribution in [0.25, 0.3) is 0 Å². The van der Waals surface area contributed by atoms with Gasteiger partial charge < -0.3 is 0 Å². The molecule has 5 rings (SSSR count). The minimum Gasteiger partial charge on any atom is -0.199 e.